The van der Waals surface area contributed by atoms with Crippen LogP contribution >= 0.6 is 0 Å². The Morgan fingerprint density at radius 3 is 2.59 bits per heavy atom. The molecule has 1 atom stereocenters. The van der Waals surface area contributed by atoms with E-state index >= 15 is 0 Å². The normalized spacial score (nSPS) is 19.7. The second-order valence-electron chi connectivity index (χ2n) is 8.70. The Morgan fingerprint density at radius 1 is 1.09 bits per heavy atom. The van der Waals surface area contributed by atoms with E-state index in [0.29, 0.717) is 6.54 Å². The number of nitrogens with one attached hydrogen (secondary N) is 1. The number of piperazine rings is 1. The van der Waals surface area contributed by atoms with Gasteiger partial charge in [0.05, 0.1) is 19.8 Å². The van der Waals surface area contributed by atoms with Gasteiger partial charge in [-0.1, -0.05) is 30.3 Å². The van der Waals surface area contributed by atoms with E-state index in [0.717, 1.165) is 56.1 Å². The van der Waals surface area contributed by atoms with Crippen molar-refractivity contribution < 1.29 is 14.3 Å². The zero-order chi connectivity index (χ0) is 22.3. The molecule has 1 amide bonds. The Labute approximate surface area is 190 Å². The second-order valence-corrected chi connectivity index (χ2v) is 8.70. The molecule has 1 aliphatic heterocycles. The highest BCUT2D eigenvalue weighted by atomic mass is 16.5. The first-order valence-electron chi connectivity index (χ1n) is 11.5. The highest BCUT2D eigenvalue weighted by Crippen LogP contribution is 2.36. The standard InChI is InChI=1S/C25H34N4O3/c1-31-23-12-11-20(16-24(23)32-22-9-5-6-10-22)29-14-13-28(18-25(30)27-26)17-21(29)15-19-7-3-2-4-8-19/h2-4,7-8,11-12,16,21-22H,5-6,9-10,13-15,17-18,26H2,1H3,(H,27,30). The molecule has 3 N–H and O–H groups in total. The van der Waals surface area contributed by atoms with E-state index in [-0.39, 0.29) is 18.1 Å². The molecule has 32 heavy (non-hydrogen) atoms. The summed E-state index contributed by atoms with van der Waals surface area (Å²) in [5.74, 6) is 6.75. The van der Waals surface area contributed by atoms with Crippen molar-refractivity contribution in [2.45, 2.75) is 44.2 Å². The van der Waals surface area contributed by atoms with Gasteiger partial charge >= 0.3 is 0 Å². The van der Waals surface area contributed by atoms with Crippen molar-refractivity contribution in [1.82, 2.24) is 10.3 Å². The third kappa shape index (κ3) is 5.53. The van der Waals surface area contributed by atoms with Gasteiger partial charge in [0.25, 0.3) is 0 Å². The molecular formula is C25H34N4O3. The van der Waals surface area contributed by atoms with Crippen molar-refractivity contribution in [1.29, 1.82) is 0 Å². The van der Waals surface area contributed by atoms with Gasteiger partial charge in [-0.05, 0) is 49.8 Å². The molecule has 0 radical (unpaired) electrons. The molecule has 1 aliphatic carbocycles. The maximum atomic E-state index is 11.9. The number of benzene rings is 2. The summed E-state index contributed by atoms with van der Waals surface area (Å²) >= 11 is 0. The first-order valence-corrected chi connectivity index (χ1v) is 11.5. The predicted molar refractivity (Wildman–Crippen MR) is 126 cm³/mol. The third-order valence-corrected chi connectivity index (χ3v) is 6.48. The van der Waals surface area contributed by atoms with Crippen LogP contribution in [0.25, 0.3) is 0 Å². The Hall–Kier alpha value is -2.77. The number of anilines is 1. The molecule has 2 aromatic rings. The minimum absolute atomic E-state index is 0.159. The Bertz CT molecular complexity index is 886. The zero-order valence-corrected chi connectivity index (χ0v) is 18.8. The highest BCUT2D eigenvalue weighted by Gasteiger charge is 2.29. The summed E-state index contributed by atoms with van der Waals surface area (Å²) in [5, 5.41) is 0. The van der Waals surface area contributed by atoms with Crippen LogP contribution in [0.5, 0.6) is 11.5 Å². The summed E-state index contributed by atoms with van der Waals surface area (Å²) in [7, 11) is 1.69. The third-order valence-electron chi connectivity index (χ3n) is 6.48. The van der Waals surface area contributed by atoms with Gasteiger partial charge in [0.2, 0.25) is 5.91 Å². The van der Waals surface area contributed by atoms with Gasteiger partial charge in [0.1, 0.15) is 0 Å². The van der Waals surface area contributed by atoms with Crippen molar-refractivity contribution in [2.75, 3.05) is 38.2 Å². The average molecular weight is 439 g/mol. The summed E-state index contributed by atoms with van der Waals surface area (Å²) in [6.45, 7) is 2.72. The number of carbonyl (C=O) groups is 1. The van der Waals surface area contributed by atoms with E-state index in [4.69, 9.17) is 15.3 Å². The fourth-order valence-corrected chi connectivity index (χ4v) is 4.83. The van der Waals surface area contributed by atoms with Crippen LogP contribution in [0, 0.1) is 0 Å². The van der Waals surface area contributed by atoms with Gasteiger partial charge in [-0.2, -0.15) is 0 Å². The number of ether oxygens (including phenoxy) is 2. The largest absolute Gasteiger partial charge is 0.493 e. The van der Waals surface area contributed by atoms with E-state index in [1.54, 1.807) is 7.11 Å². The smallest absolute Gasteiger partial charge is 0.248 e. The molecule has 1 unspecified atom stereocenters. The van der Waals surface area contributed by atoms with Crippen LogP contribution in [0.2, 0.25) is 0 Å². The predicted octanol–water partition coefficient (Wildman–Crippen LogP) is 2.74. The van der Waals surface area contributed by atoms with Gasteiger partial charge in [-0.25, -0.2) is 5.84 Å². The number of hydrazine groups is 1. The van der Waals surface area contributed by atoms with Gasteiger partial charge in [-0.15, -0.1) is 0 Å². The second kappa shape index (κ2) is 10.7. The number of hydrogen-bond donors (Lipinski definition) is 2. The number of carbonyl (C=O) groups excluding carboxylic acids is 1. The molecule has 1 heterocycles. The van der Waals surface area contributed by atoms with Crippen molar-refractivity contribution in [3.63, 3.8) is 0 Å². The number of nitrogens with zero attached hydrogens (tertiary/aromatic N) is 2. The van der Waals surface area contributed by atoms with Crippen LogP contribution < -0.4 is 25.6 Å². The van der Waals surface area contributed by atoms with Crippen LogP contribution in [0.3, 0.4) is 0 Å². The van der Waals surface area contributed by atoms with Crippen molar-refractivity contribution in [2.24, 2.45) is 5.84 Å². The first kappa shape index (κ1) is 22.4. The number of amides is 1. The number of hydrogen-bond acceptors (Lipinski definition) is 6. The minimum Gasteiger partial charge on any atom is -0.493 e. The fraction of sp³-hybridized carbons (Fsp3) is 0.480. The molecule has 4 rings (SSSR count). The molecule has 0 bridgehead atoms. The highest BCUT2D eigenvalue weighted by molar-refractivity contribution is 5.77. The van der Waals surface area contributed by atoms with E-state index in [2.05, 4.69) is 51.6 Å². The molecule has 1 saturated carbocycles. The van der Waals surface area contributed by atoms with Crippen molar-refractivity contribution in [3.05, 3.63) is 54.1 Å². The number of methoxy groups -OCH3 is 1. The molecule has 0 aromatic heterocycles. The van der Waals surface area contributed by atoms with Crippen molar-refractivity contribution >= 4 is 11.6 Å². The Kier molecular flexibility index (Phi) is 7.50. The molecular weight excluding hydrogens is 404 g/mol. The van der Waals surface area contributed by atoms with Crippen LogP contribution in [0.4, 0.5) is 5.69 Å². The monoisotopic (exact) mass is 438 g/mol. The zero-order valence-electron chi connectivity index (χ0n) is 18.8. The summed E-state index contributed by atoms with van der Waals surface area (Å²) in [4.78, 5) is 16.5. The summed E-state index contributed by atoms with van der Waals surface area (Å²) in [5.41, 5.74) is 4.66. The molecule has 2 aliphatic rings. The molecule has 172 valence electrons. The molecule has 7 heteroatoms. The number of nitrogens with two attached hydrogens (primary N) is 1. The molecule has 2 aromatic carbocycles. The minimum atomic E-state index is -0.159. The SMILES string of the molecule is COc1ccc(N2CCN(CC(=O)NN)CC2Cc2ccccc2)cc1OC1CCCC1. The lowest BCUT2D eigenvalue weighted by Gasteiger charge is -2.43. The van der Waals surface area contributed by atoms with Crippen molar-refractivity contribution in [3.8, 4) is 11.5 Å². The van der Waals surface area contributed by atoms with E-state index in [1.807, 2.05) is 12.1 Å². The van der Waals surface area contributed by atoms with Gasteiger partial charge in [0.15, 0.2) is 11.5 Å². The van der Waals surface area contributed by atoms with Crippen LogP contribution in [-0.2, 0) is 11.2 Å². The molecule has 7 nitrogen and oxygen atoms in total. The molecule has 1 saturated heterocycles. The Balaban J connectivity index is 1.56. The van der Waals surface area contributed by atoms with Gasteiger partial charge < -0.3 is 14.4 Å². The lowest BCUT2D eigenvalue weighted by molar-refractivity contribution is -0.122. The first-order chi connectivity index (χ1) is 15.7. The number of rotatable bonds is 8. The maximum absolute atomic E-state index is 11.9. The Morgan fingerprint density at radius 2 is 1.88 bits per heavy atom. The lowest BCUT2D eigenvalue weighted by atomic mass is 10.0. The molecule has 2 fully saturated rings. The van der Waals surface area contributed by atoms with Gasteiger partial charge in [0, 0.05) is 37.4 Å². The lowest BCUT2D eigenvalue weighted by Crippen LogP contribution is -2.56. The summed E-state index contributed by atoms with van der Waals surface area (Å²) in [6, 6.07) is 17.0. The molecule has 0 spiro atoms. The summed E-state index contributed by atoms with van der Waals surface area (Å²) in [6.07, 6.45) is 5.82. The topological polar surface area (TPSA) is 80.1 Å². The van der Waals surface area contributed by atoms with E-state index < -0.39 is 0 Å². The maximum Gasteiger partial charge on any atom is 0.248 e. The quantitative estimate of drug-likeness (QED) is 0.375. The van der Waals surface area contributed by atoms with E-state index in [9.17, 15) is 4.79 Å². The van der Waals surface area contributed by atoms with Crippen LogP contribution in [-0.4, -0.2) is 56.2 Å². The summed E-state index contributed by atoms with van der Waals surface area (Å²) < 4.78 is 11.9. The van der Waals surface area contributed by atoms with Crippen LogP contribution in [0.15, 0.2) is 48.5 Å². The van der Waals surface area contributed by atoms with Gasteiger partial charge in [-0.3, -0.25) is 15.1 Å². The van der Waals surface area contributed by atoms with Crippen LogP contribution in [0.1, 0.15) is 31.2 Å². The fourth-order valence-electron chi connectivity index (χ4n) is 4.83. The van der Waals surface area contributed by atoms with E-state index in [1.165, 1.54) is 18.4 Å². The average Bonchev–Trinajstić information content (AvgIpc) is 3.33.